The van der Waals surface area contributed by atoms with Gasteiger partial charge in [0.1, 0.15) is 11.9 Å². The van der Waals surface area contributed by atoms with Crippen LogP contribution in [0.15, 0.2) is 30.5 Å². The van der Waals surface area contributed by atoms with Crippen molar-refractivity contribution < 1.29 is 24.1 Å². The number of aromatic nitrogens is 2. The third-order valence-corrected chi connectivity index (χ3v) is 4.91. The van der Waals surface area contributed by atoms with E-state index in [1.807, 2.05) is 0 Å². The molecule has 2 unspecified atom stereocenters. The molecular weight excluding hydrogens is 346 g/mol. The number of hydrogen-bond acceptors (Lipinski definition) is 7. The number of rotatable bonds is 4. The smallest absolute Gasteiger partial charge is 0.221 e. The Labute approximate surface area is 148 Å². The van der Waals surface area contributed by atoms with E-state index in [0.717, 1.165) is 12.1 Å². The van der Waals surface area contributed by atoms with E-state index in [-0.39, 0.29) is 17.9 Å². The van der Waals surface area contributed by atoms with Gasteiger partial charge in [-0.25, -0.2) is 13.8 Å². The first-order valence-electron chi connectivity index (χ1n) is 8.10. The molecular formula is C17H20F2N4O3. The minimum atomic E-state index is -1.26. The highest BCUT2D eigenvalue weighted by Crippen LogP contribution is 2.39. The molecule has 1 aliphatic rings. The lowest BCUT2D eigenvalue weighted by Gasteiger charge is -2.28. The predicted molar refractivity (Wildman–Crippen MR) is 90.1 cm³/mol. The van der Waals surface area contributed by atoms with Crippen molar-refractivity contribution >= 4 is 11.8 Å². The van der Waals surface area contributed by atoms with Gasteiger partial charge in [0, 0.05) is 19.2 Å². The maximum Gasteiger partial charge on any atom is 0.221 e. The van der Waals surface area contributed by atoms with Gasteiger partial charge in [-0.3, -0.25) is 0 Å². The van der Waals surface area contributed by atoms with E-state index in [4.69, 9.17) is 5.73 Å². The number of benzene rings is 1. The lowest BCUT2D eigenvalue weighted by Crippen LogP contribution is -2.42. The summed E-state index contributed by atoms with van der Waals surface area (Å²) >= 11 is 0. The Bertz CT molecular complexity index is 794. The van der Waals surface area contributed by atoms with Crippen LogP contribution in [-0.4, -0.2) is 50.6 Å². The van der Waals surface area contributed by atoms with Crippen LogP contribution in [0.25, 0.3) is 0 Å². The molecule has 1 saturated carbocycles. The van der Waals surface area contributed by atoms with Crippen LogP contribution in [0.4, 0.5) is 20.5 Å². The van der Waals surface area contributed by atoms with E-state index in [9.17, 15) is 24.1 Å². The van der Waals surface area contributed by atoms with Crippen molar-refractivity contribution in [3.05, 3.63) is 47.7 Å². The molecule has 0 radical (unpaired) electrons. The molecule has 26 heavy (non-hydrogen) atoms. The highest BCUT2D eigenvalue weighted by Gasteiger charge is 2.47. The third kappa shape index (κ3) is 3.33. The quantitative estimate of drug-likeness (QED) is 0.627. The Morgan fingerprint density at radius 1 is 1.19 bits per heavy atom. The van der Waals surface area contributed by atoms with E-state index in [1.165, 1.54) is 12.3 Å². The highest BCUT2D eigenvalue weighted by atomic mass is 19.2. The van der Waals surface area contributed by atoms with Gasteiger partial charge in [0.2, 0.25) is 5.95 Å². The maximum absolute atomic E-state index is 13.4. The van der Waals surface area contributed by atoms with Crippen LogP contribution >= 0.6 is 0 Å². The zero-order valence-electron chi connectivity index (χ0n) is 14.0. The standard InChI is InChI=1S/C17H20F2N4O3/c1-23(13-4-5-21-17(20)22-13)12-7-9(15(25)16(12)26)14(24)8-2-3-10(18)11(19)6-8/h2-6,9,12,14-16,24-26H,7H2,1H3,(H2,20,21,22)/t9?,12?,14-,15+,16-/m0/s1. The van der Waals surface area contributed by atoms with Gasteiger partial charge in [0.25, 0.3) is 0 Å². The molecule has 3 rings (SSSR count). The number of halogens is 2. The summed E-state index contributed by atoms with van der Waals surface area (Å²) in [5.41, 5.74) is 5.70. The first-order valence-corrected chi connectivity index (χ1v) is 8.10. The average molecular weight is 366 g/mol. The van der Waals surface area contributed by atoms with Crippen molar-refractivity contribution in [3.8, 4) is 0 Å². The van der Waals surface area contributed by atoms with Crippen molar-refractivity contribution in [1.82, 2.24) is 9.97 Å². The van der Waals surface area contributed by atoms with Crippen LogP contribution in [0, 0.1) is 17.6 Å². The third-order valence-electron chi connectivity index (χ3n) is 4.91. The first-order chi connectivity index (χ1) is 12.3. The van der Waals surface area contributed by atoms with Gasteiger partial charge in [-0.05, 0) is 30.2 Å². The van der Waals surface area contributed by atoms with E-state index >= 15 is 0 Å². The first kappa shape index (κ1) is 18.4. The summed E-state index contributed by atoms with van der Waals surface area (Å²) in [6.07, 6.45) is -1.99. The minimum absolute atomic E-state index is 0.0701. The summed E-state index contributed by atoms with van der Waals surface area (Å²) in [5, 5.41) is 31.3. The summed E-state index contributed by atoms with van der Waals surface area (Å²) in [6, 6.07) is 4.11. The van der Waals surface area contributed by atoms with Crippen molar-refractivity contribution in [3.63, 3.8) is 0 Å². The van der Waals surface area contributed by atoms with Crippen molar-refractivity contribution in [2.24, 2.45) is 5.92 Å². The van der Waals surface area contributed by atoms with Gasteiger partial charge in [-0.1, -0.05) is 6.07 Å². The van der Waals surface area contributed by atoms with Crippen molar-refractivity contribution in [1.29, 1.82) is 0 Å². The second kappa shape index (κ2) is 7.10. The predicted octanol–water partition coefficient (Wildman–Crippen LogP) is 0.617. The molecule has 1 fully saturated rings. The Kier molecular flexibility index (Phi) is 5.03. The molecule has 9 heteroatoms. The topological polar surface area (TPSA) is 116 Å². The number of nitrogens with two attached hydrogens (primary N) is 1. The fraction of sp³-hybridized carbons (Fsp3) is 0.412. The van der Waals surface area contributed by atoms with Gasteiger partial charge in [0.15, 0.2) is 11.6 Å². The van der Waals surface area contributed by atoms with Gasteiger partial charge in [0.05, 0.1) is 18.2 Å². The maximum atomic E-state index is 13.4. The van der Waals surface area contributed by atoms with Crippen LogP contribution in [0.1, 0.15) is 18.1 Å². The molecule has 0 bridgehead atoms. The van der Waals surface area contributed by atoms with Crippen LogP contribution in [0.2, 0.25) is 0 Å². The fourth-order valence-corrected chi connectivity index (χ4v) is 3.42. The zero-order valence-corrected chi connectivity index (χ0v) is 14.0. The van der Waals surface area contributed by atoms with Gasteiger partial charge in [-0.15, -0.1) is 0 Å². The molecule has 5 N–H and O–H groups in total. The normalized spacial score (nSPS) is 26.7. The Morgan fingerprint density at radius 2 is 1.92 bits per heavy atom. The molecule has 1 aliphatic carbocycles. The number of aliphatic hydroxyl groups is 3. The Morgan fingerprint density at radius 3 is 2.58 bits per heavy atom. The summed E-state index contributed by atoms with van der Waals surface area (Å²) in [7, 11) is 1.68. The van der Waals surface area contributed by atoms with E-state index in [1.54, 1.807) is 18.0 Å². The molecule has 1 aromatic carbocycles. The molecule has 140 valence electrons. The second-order valence-corrected chi connectivity index (χ2v) is 6.45. The molecule has 7 nitrogen and oxygen atoms in total. The molecule has 0 aliphatic heterocycles. The van der Waals surface area contributed by atoms with Gasteiger partial charge < -0.3 is 26.0 Å². The molecule has 1 aromatic heterocycles. The van der Waals surface area contributed by atoms with Gasteiger partial charge >= 0.3 is 0 Å². The molecule has 1 heterocycles. The lowest BCUT2D eigenvalue weighted by molar-refractivity contribution is -0.0232. The van der Waals surface area contributed by atoms with Crippen LogP contribution in [-0.2, 0) is 0 Å². The van der Waals surface area contributed by atoms with Gasteiger partial charge in [-0.2, -0.15) is 4.98 Å². The van der Waals surface area contributed by atoms with Crippen LogP contribution in [0.5, 0.6) is 0 Å². The number of hydrogen-bond donors (Lipinski definition) is 4. The number of anilines is 2. The molecule has 5 atom stereocenters. The molecule has 0 amide bonds. The number of aliphatic hydroxyl groups excluding tert-OH is 3. The summed E-state index contributed by atoms with van der Waals surface area (Å²) in [4.78, 5) is 9.52. The van der Waals surface area contributed by atoms with Crippen molar-refractivity contribution in [2.75, 3.05) is 17.7 Å². The summed E-state index contributed by atoms with van der Waals surface area (Å²) in [5.74, 6) is -2.34. The number of nitrogens with zero attached hydrogens (tertiary/aromatic N) is 3. The largest absolute Gasteiger partial charge is 0.390 e. The Balaban J connectivity index is 1.81. The van der Waals surface area contributed by atoms with E-state index in [2.05, 4.69) is 9.97 Å². The van der Waals surface area contributed by atoms with E-state index in [0.29, 0.717) is 5.82 Å². The van der Waals surface area contributed by atoms with Crippen molar-refractivity contribution in [2.45, 2.75) is 30.8 Å². The van der Waals surface area contributed by atoms with Crippen LogP contribution < -0.4 is 10.6 Å². The highest BCUT2D eigenvalue weighted by molar-refractivity contribution is 5.42. The SMILES string of the molecule is CN(c1ccnc(N)n1)C1CC([C@@H](O)c2ccc(F)c(F)c2)[C@@H](O)[C@H]1O. The minimum Gasteiger partial charge on any atom is -0.390 e. The molecule has 0 spiro atoms. The molecule has 2 aromatic rings. The van der Waals surface area contributed by atoms with Crippen LogP contribution in [0.3, 0.4) is 0 Å². The average Bonchev–Trinajstić information content (AvgIpc) is 2.91. The Hall–Kier alpha value is -2.36. The fourth-order valence-electron chi connectivity index (χ4n) is 3.42. The zero-order chi connectivity index (χ0) is 19.0. The number of nitrogen functional groups attached to an aromatic ring is 1. The second-order valence-electron chi connectivity index (χ2n) is 6.45. The summed E-state index contributed by atoms with van der Waals surface area (Å²) < 4.78 is 26.5. The summed E-state index contributed by atoms with van der Waals surface area (Å²) in [6.45, 7) is 0. The molecule has 0 saturated heterocycles. The lowest BCUT2D eigenvalue weighted by atomic mass is 9.92. The number of likely N-dealkylation sites (N-methyl/N-ethyl adjacent to an activating group) is 1. The van der Waals surface area contributed by atoms with E-state index < -0.39 is 41.9 Å². The monoisotopic (exact) mass is 366 g/mol.